The molecule has 9 heteroatoms. The Bertz CT molecular complexity index is 911. The zero-order valence-corrected chi connectivity index (χ0v) is 17.5. The van der Waals surface area contributed by atoms with Gasteiger partial charge in [-0.2, -0.15) is 4.99 Å². The molecule has 2 atom stereocenters. The summed E-state index contributed by atoms with van der Waals surface area (Å²) in [5, 5.41) is 9.08. The highest BCUT2D eigenvalue weighted by atomic mass is 32.2. The third kappa shape index (κ3) is 4.57. The summed E-state index contributed by atoms with van der Waals surface area (Å²) in [6.45, 7) is 4.14. The summed E-state index contributed by atoms with van der Waals surface area (Å²) in [5.41, 5.74) is 1.95. The number of hydrogen-bond donors (Lipinski definition) is 1. The number of thioether (sulfide) groups is 1. The SMILES string of the molecule is CC(C)c1ccccc1N1C(=NC(=O)CCCC(=O)O)S[C@@H]2CS(=O)(=O)C[C@H]21. The number of carboxylic acid groups (broad SMARTS) is 1. The molecule has 0 unspecified atom stereocenters. The minimum absolute atomic E-state index is 0.0450. The number of carbonyl (C=O) groups excluding carboxylic acids is 1. The van der Waals surface area contributed by atoms with E-state index in [0.29, 0.717) is 5.17 Å². The first kappa shape index (κ1) is 20.9. The van der Waals surface area contributed by atoms with E-state index in [9.17, 15) is 18.0 Å². The molecule has 7 nitrogen and oxygen atoms in total. The first-order valence-electron chi connectivity index (χ1n) is 9.26. The van der Waals surface area contributed by atoms with Crippen molar-refractivity contribution >= 4 is 44.3 Å². The first-order valence-corrected chi connectivity index (χ1v) is 12.0. The lowest BCUT2D eigenvalue weighted by atomic mass is 9.99. The fourth-order valence-electron chi connectivity index (χ4n) is 3.59. The molecule has 0 spiro atoms. The number of amides is 1. The number of rotatable bonds is 6. The van der Waals surface area contributed by atoms with Gasteiger partial charge in [-0.05, 0) is 24.0 Å². The number of sulfone groups is 1. The van der Waals surface area contributed by atoms with Gasteiger partial charge in [0, 0.05) is 23.8 Å². The van der Waals surface area contributed by atoms with Gasteiger partial charge in [-0.25, -0.2) is 8.42 Å². The maximum absolute atomic E-state index is 12.3. The molecule has 1 N–H and O–H groups in total. The van der Waals surface area contributed by atoms with Gasteiger partial charge in [0.2, 0.25) is 5.91 Å². The molecule has 0 bridgehead atoms. The van der Waals surface area contributed by atoms with E-state index in [1.165, 1.54) is 11.8 Å². The Hall–Kier alpha value is -1.87. The smallest absolute Gasteiger partial charge is 0.303 e. The fourth-order valence-corrected chi connectivity index (χ4v) is 7.52. The fraction of sp³-hybridized carbons (Fsp3) is 0.526. The average Bonchev–Trinajstić information content (AvgIpc) is 3.05. The molecule has 2 aliphatic heterocycles. The number of fused-ring (bicyclic) bond motifs is 1. The van der Waals surface area contributed by atoms with Gasteiger partial charge in [0.25, 0.3) is 0 Å². The van der Waals surface area contributed by atoms with Gasteiger partial charge in [-0.15, -0.1) is 0 Å². The van der Waals surface area contributed by atoms with E-state index in [0.717, 1.165) is 11.3 Å². The lowest BCUT2D eigenvalue weighted by Crippen LogP contribution is -2.38. The number of aliphatic imine (C=N–C) groups is 1. The summed E-state index contributed by atoms with van der Waals surface area (Å²) in [7, 11) is -3.12. The van der Waals surface area contributed by atoms with Gasteiger partial charge in [-0.1, -0.05) is 43.8 Å². The van der Waals surface area contributed by atoms with Gasteiger partial charge in [0.05, 0.1) is 17.5 Å². The zero-order valence-electron chi connectivity index (χ0n) is 15.9. The van der Waals surface area contributed by atoms with E-state index in [1.54, 1.807) is 0 Å². The zero-order chi connectivity index (χ0) is 20.5. The van der Waals surface area contributed by atoms with Gasteiger partial charge in [-0.3, -0.25) is 9.59 Å². The average molecular weight is 425 g/mol. The summed E-state index contributed by atoms with van der Waals surface area (Å²) in [4.78, 5) is 29.1. The van der Waals surface area contributed by atoms with Crippen LogP contribution in [-0.4, -0.2) is 53.4 Å². The van der Waals surface area contributed by atoms with E-state index >= 15 is 0 Å². The molecule has 1 aromatic rings. The Kier molecular flexibility index (Phi) is 6.14. The predicted octanol–water partition coefficient (Wildman–Crippen LogP) is 2.67. The quantitative estimate of drug-likeness (QED) is 0.748. The van der Waals surface area contributed by atoms with Gasteiger partial charge in [0.15, 0.2) is 15.0 Å². The highest BCUT2D eigenvalue weighted by molar-refractivity contribution is 8.16. The highest BCUT2D eigenvalue weighted by Crippen LogP contribution is 2.43. The predicted molar refractivity (Wildman–Crippen MR) is 111 cm³/mol. The van der Waals surface area contributed by atoms with E-state index in [4.69, 9.17) is 5.11 Å². The van der Waals surface area contributed by atoms with Gasteiger partial charge in [0.1, 0.15) is 0 Å². The van der Waals surface area contributed by atoms with Crippen molar-refractivity contribution in [2.45, 2.75) is 50.3 Å². The minimum Gasteiger partial charge on any atom is -0.481 e. The number of benzene rings is 1. The third-order valence-electron chi connectivity index (χ3n) is 4.89. The van der Waals surface area contributed by atoms with E-state index in [2.05, 4.69) is 18.8 Å². The second-order valence-electron chi connectivity index (χ2n) is 7.42. The summed E-state index contributed by atoms with van der Waals surface area (Å²) in [6.07, 6.45) is 0.218. The second-order valence-corrected chi connectivity index (χ2v) is 10.8. The van der Waals surface area contributed by atoms with Crippen molar-refractivity contribution in [2.75, 3.05) is 16.4 Å². The molecule has 3 rings (SSSR count). The number of hydrogen-bond acceptors (Lipinski definition) is 5. The Morgan fingerprint density at radius 1 is 1.25 bits per heavy atom. The third-order valence-corrected chi connectivity index (χ3v) is 8.10. The van der Waals surface area contributed by atoms with Crippen LogP contribution in [0, 0.1) is 0 Å². The van der Waals surface area contributed by atoms with E-state index < -0.39 is 15.8 Å². The Morgan fingerprint density at radius 3 is 2.64 bits per heavy atom. The van der Waals surface area contributed by atoms with Gasteiger partial charge >= 0.3 is 5.97 Å². The molecule has 0 radical (unpaired) electrons. The van der Waals surface area contributed by atoms with E-state index in [1.807, 2.05) is 29.2 Å². The lowest BCUT2D eigenvalue weighted by molar-refractivity contribution is -0.137. The van der Waals surface area contributed by atoms with Crippen LogP contribution in [0.15, 0.2) is 29.3 Å². The van der Waals surface area contributed by atoms with Crippen LogP contribution in [0.2, 0.25) is 0 Å². The number of amidine groups is 1. The Labute approximate surface area is 169 Å². The molecular weight excluding hydrogens is 400 g/mol. The number of nitrogens with zero attached hydrogens (tertiary/aromatic N) is 2. The molecule has 1 aromatic carbocycles. The first-order chi connectivity index (χ1) is 13.2. The molecule has 28 heavy (non-hydrogen) atoms. The minimum atomic E-state index is -3.12. The Morgan fingerprint density at radius 2 is 1.96 bits per heavy atom. The maximum atomic E-state index is 12.3. The number of aliphatic carboxylic acids is 1. The molecule has 0 aromatic heterocycles. The normalized spacial score (nSPS) is 24.7. The number of carbonyl (C=O) groups is 2. The van der Waals surface area contributed by atoms with Crippen molar-refractivity contribution in [1.29, 1.82) is 0 Å². The summed E-state index contributed by atoms with van der Waals surface area (Å²) in [6, 6.07) is 7.54. The molecular formula is C19H24N2O5S2. The molecule has 2 saturated heterocycles. The molecule has 0 saturated carbocycles. The van der Waals surface area contributed by atoms with Crippen molar-refractivity contribution in [3.63, 3.8) is 0 Å². The molecule has 0 aliphatic carbocycles. The van der Waals surface area contributed by atoms with E-state index in [-0.39, 0.29) is 53.9 Å². The van der Waals surface area contributed by atoms with Crippen LogP contribution in [0.1, 0.15) is 44.6 Å². The number of carboxylic acids is 1. The maximum Gasteiger partial charge on any atom is 0.303 e. The van der Waals surface area contributed by atoms with Crippen LogP contribution >= 0.6 is 11.8 Å². The molecule has 2 heterocycles. The monoisotopic (exact) mass is 424 g/mol. The van der Waals surface area contributed by atoms with Crippen LogP contribution in [0.5, 0.6) is 0 Å². The Balaban J connectivity index is 1.93. The van der Waals surface area contributed by atoms with Crippen molar-refractivity contribution in [2.24, 2.45) is 4.99 Å². The van der Waals surface area contributed by atoms with Crippen LogP contribution in [0.4, 0.5) is 5.69 Å². The molecule has 2 fully saturated rings. The largest absolute Gasteiger partial charge is 0.481 e. The summed E-state index contributed by atoms with van der Waals surface area (Å²) in [5.74, 6) is -0.967. The molecule has 152 valence electrons. The van der Waals surface area contributed by atoms with Crippen LogP contribution < -0.4 is 4.90 Å². The number of para-hydroxylation sites is 1. The summed E-state index contributed by atoms with van der Waals surface area (Å²) >= 11 is 1.33. The highest BCUT2D eigenvalue weighted by Gasteiger charge is 2.49. The van der Waals surface area contributed by atoms with Crippen molar-refractivity contribution in [3.8, 4) is 0 Å². The number of anilines is 1. The van der Waals surface area contributed by atoms with Crippen LogP contribution in [0.3, 0.4) is 0 Å². The second kappa shape index (κ2) is 8.24. The van der Waals surface area contributed by atoms with Crippen molar-refractivity contribution in [1.82, 2.24) is 0 Å². The lowest BCUT2D eigenvalue weighted by Gasteiger charge is -2.28. The van der Waals surface area contributed by atoms with Crippen LogP contribution in [0.25, 0.3) is 0 Å². The molecule has 2 aliphatic rings. The molecule has 1 amide bonds. The van der Waals surface area contributed by atoms with Crippen molar-refractivity contribution < 1.29 is 23.1 Å². The summed E-state index contributed by atoms with van der Waals surface area (Å²) < 4.78 is 24.3. The van der Waals surface area contributed by atoms with Crippen molar-refractivity contribution in [3.05, 3.63) is 29.8 Å². The standard InChI is InChI=1S/C19H24N2O5S2/c1-12(2)13-6-3-4-7-14(13)21-15-10-28(25,26)11-16(15)27-19(21)20-17(22)8-5-9-18(23)24/h3-4,6-7,12,15-16H,5,8-11H2,1-2H3,(H,23,24)/t15-,16-/m1/s1. The topological polar surface area (TPSA) is 104 Å². The van der Waals surface area contributed by atoms with Gasteiger partial charge < -0.3 is 10.0 Å². The van der Waals surface area contributed by atoms with Crippen LogP contribution in [-0.2, 0) is 19.4 Å².